The predicted molar refractivity (Wildman–Crippen MR) is 348 cm³/mol. The fourth-order valence-corrected chi connectivity index (χ4v) is 6.46. The summed E-state index contributed by atoms with van der Waals surface area (Å²) >= 11 is 7.77. The van der Waals surface area contributed by atoms with Crippen LogP contribution in [-0.2, 0) is 53.5 Å². The minimum absolute atomic E-state index is 0. The molecule has 3 aromatic carbocycles. The number of halogens is 3. The summed E-state index contributed by atoms with van der Waals surface area (Å²) in [6, 6.07) is 29.2. The van der Waals surface area contributed by atoms with E-state index in [0.717, 1.165) is 91.6 Å². The molecule has 0 aliphatic heterocycles. The molecule has 11 nitrogen and oxygen atoms in total. The summed E-state index contributed by atoms with van der Waals surface area (Å²) in [5.41, 5.74) is 8.07. The van der Waals surface area contributed by atoms with E-state index >= 15 is 0 Å². The number of carbonyl (C=O) groups is 3. The molecule has 0 radical (unpaired) electrons. The standard InChI is InChI=1S/C16H23NO2.C15H21NO2.C11H15NO2.C8H17N.C4H7Br.C3H9N.2C2H5.CH2I2.Na.Zn.H/c1-3-9-17(11-15-10-13(15)2)16(18)19-12-14-7-5-4-6-8-14;1-3-5-12-16(11-4-2)15(17)18-13-14-9-7-6-8-10-14;1-2-8-12-11(13)14-9-10-6-4-3-5-7-10;1-3-4-9-6-8-5-7(8)2;1-2-3-4-5;1-2-3-4;2*1-2;2-1-3;;;/h4-8,13,15H,3,9-12H2,1-2H3;3,5-10H,4,11-13H2,1-2H3;3-7H,2,8-9H2,1H3,(H,12,13);7-9H,3-6H2,1-2H3;2-3H,4H2,1H3;2-4H2,1H3;2*1H2,2H3;1H2;;;/q;;;;;;2*-1;;+1;+2;-1/b;5-3+;;;3-2+;;;;;;;. The van der Waals surface area contributed by atoms with Crippen molar-refractivity contribution in [2.45, 2.75) is 141 Å². The first-order valence-corrected chi connectivity index (χ1v) is 31.6. The van der Waals surface area contributed by atoms with Crippen molar-refractivity contribution in [1.29, 1.82) is 0 Å². The van der Waals surface area contributed by atoms with Crippen LogP contribution in [0, 0.1) is 37.5 Å². The Morgan fingerprint density at radius 3 is 1.35 bits per heavy atom. The van der Waals surface area contributed by atoms with Crippen molar-refractivity contribution >= 4 is 79.4 Å². The maximum absolute atomic E-state index is 12.1. The smallest absolute Gasteiger partial charge is 1.00 e. The van der Waals surface area contributed by atoms with Gasteiger partial charge >= 0.3 is 67.3 Å². The quantitative estimate of drug-likeness (QED) is 0.0172. The minimum Gasteiger partial charge on any atom is -1.00 e. The van der Waals surface area contributed by atoms with Gasteiger partial charge in [-0.1, -0.05) is 225 Å². The summed E-state index contributed by atoms with van der Waals surface area (Å²) in [7, 11) is 0. The number of nitrogens with zero attached hydrogens (tertiary/aromatic N) is 2. The van der Waals surface area contributed by atoms with Crippen LogP contribution in [0.25, 0.3) is 0 Å². The second-order valence-electron chi connectivity index (χ2n) is 17.3. The first-order chi connectivity index (χ1) is 36.9. The molecule has 16 heteroatoms. The summed E-state index contributed by atoms with van der Waals surface area (Å²) in [5.74, 6) is 3.46. The molecule has 4 atom stereocenters. The molecule has 3 amide bonds. The van der Waals surface area contributed by atoms with Crippen molar-refractivity contribution in [3.05, 3.63) is 146 Å². The predicted octanol–water partition coefficient (Wildman–Crippen LogP) is 14.2. The fraction of sp³-hybridized carbons (Fsp3) is 0.565. The Labute approximate surface area is 549 Å². The molecule has 0 bridgehead atoms. The third-order valence-corrected chi connectivity index (χ3v) is 11.0. The van der Waals surface area contributed by atoms with Crippen molar-refractivity contribution in [2.75, 3.05) is 60.1 Å². The second kappa shape index (κ2) is 67.9. The van der Waals surface area contributed by atoms with E-state index in [1.54, 1.807) is 18.7 Å². The molecule has 2 saturated carbocycles. The number of ether oxygens (including phenoxy) is 3. The molecule has 0 aromatic heterocycles. The van der Waals surface area contributed by atoms with Gasteiger partial charge in [-0.3, -0.25) is 0 Å². The zero-order chi connectivity index (χ0) is 58.0. The van der Waals surface area contributed by atoms with Gasteiger partial charge in [0.25, 0.3) is 0 Å². The molecule has 0 saturated heterocycles. The van der Waals surface area contributed by atoms with Crippen molar-refractivity contribution in [3.63, 3.8) is 0 Å². The van der Waals surface area contributed by atoms with Gasteiger partial charge in [0.15, 0.2) is 0 Å². The second-order valence-corrected chi connectivity index (χ2v) is 22.4. The van der Waals surface area contributed by atoms with Crippen molar-refractivity contribution in [3.8, 4) is 0 Å². The molecule has 0 heterocycles. The topological polar surface area (TPSA) is 135 Å². The minimum atomic E-state index is -0.351. The Hall–Kier alpha value is -1.57. The van der Waals surface area contributed by atoms with E-state index in [2.05, 4.69) is 120 Å². The van der Waals surface area contributed by atoms with Gasteiger partial charge in [-0.2, -0.15) is 13.8 Å². The van der Waals surface area contributed by atoms with Gasteiger partial charge in [0.1, 0.15) is 19.8 Å². The third-order valence-electron chi connectivity index (χ3n) is 10.7. The SMILES string of the molecule is C/C=C/CBr.C/C=C/CN(CCC)C(=O)OCc1ccccc1.CCCN.CCCN(CC1CC1C)C(=O)OCc1ccccc1.CCCNC(=O)OCc1ccccc1.CCCNCC1CC1C.ICI.[CH2-]C.[CH2-]C.[H-].[Na+].[Zn+2]. The van der Waals surface area contributed by atoms with E-state index in [-0.39, 0.29) is 68.7 Å². The number of alkyl carbamates (subject to hydrolysis) is 1. The van der Waals surface area contributed by atoms with Crippen LogP contribution in [-0.4, -0.2) is 88.2 Å². The van der Waals surface area contributed by atoms with Crippen LogP contribution in [0.4, 0.5) is 14.4 Å². The maximum Gasteiger partial charge on any atom is 2.00 e. The number of amides is 3. The Balaban J connectivity index is -0.000000161. The summed E-state index contributed by atoms with van der Waals surface area (Å²) in [6.07, 6.45) is 15.0. The van der Waals surface area contributed by atoms with E-state index in [9.17, 15) is 14.4 Å². The monoisotopic (exact) mass is 1440 g/mol. The number of carbonyl (C=O) groups excluding carboxylic acids is 3. The van der Waals surface area contributed by atoms with E-state index in [1.165, 1.54) is 34.8 Å². The fourth-order valence-electron chi connectivity index (χ4n) is 6.08. The van der Waals surface area contributed by atoms with Crippen LogP contribution in [0.5, 0.6) is 0 Å². The maximum atomic E-state index is 12.1. The van der Waals surface area contributed by atoms with Gasteiger partial charge in [0.05, 0.1) is 2.43 Å². The number of allylic oxidation sites excluding steroid dienone is 3. The molecule has 3 aromatic rings. The zero-order valence-electron chi connectivity index (χ0n) is 51.6. The first kappa shape index (κ1) is 87.7. The summed E-state index contributed by atoms with van der Waals surface area (Å²) in [6.45, 7) is 36.8. The molecule has 2 aliphatic carbocycles. The average Bonchev–Trinajstić information content (AvgIpc) is 4.38. The molecule has 4 unspecified atom stereocenters. The van der Waals surface area contributed by atoms with Crippen LogP contribution in [0.2, 0.25) is 0 Å². The van der Waals surface area contributed by atoms with E-state index in [0.29, 0.717) is 38.8 Å². The Bertz CT molecular complexity index is 1770. The number of rotatable bonds is 22. The van der Waals surface area contributed by atoms with Crippen LogP contribution in [0.15, 0.2) is 115 Å². The normalized spacial score (nSPS) is 14.4. The average molecular weight is 1440 g/mol. The molecule has 78 heavy (non-hydrogen) atoms. The molecule has 2 fully saturated rings. The molecular formula is C62H105BrI2N5NaO6Zn. The van der Waals surface area contributed by atoms with Gasteiger partial charge in [-0.15, -0.1) is 0 Å². The van der Waals surface area contributed by atoms with Gasteiger partial charge < -0.3 is 55.7 Å². The number of hydrogen-bond donors (Lipinski definition) is 3. The van der Waals surface area contributed by atoms with Crippen LogP contribution in [0.3, 0.4) is 0 Å². The van der Waals surface area contributed by atoms with Gasteiger partial charge in [0.2, 0.25) is 0 Å². The number of alkyl halides is 3. The number of benzene rings is 3. The molecule has 438 valence electrons. The van der Waals surface area contributed by atoms with E-state index in [1.807, 2.05) is 148 Å². The van der Waals surface area contributed by atoms with Gasteiger partial charge in [-0.05, 0) is 119 Å². The molecule has 0 spiro atoms. The van der Waals surface area contributed by atoms with Crippen LogP contribution >= 0.6 is 61.1 Å². The zero-order valence-corrected chi connectivity index (χ0v) is 61.5. The van der Waals surface area contributed by atoms with Crippen molar-refractivity contribution in [1.82, 2.24) is 20.4 Å². The third kappa shape index (κ3) is 57.7. The summed E-state index contributed by atoms with van der Waals surface area (Å²) in [4.78, 5) is 38.6. The molecule has 4 N–H and O–H groups in total. The largest absolute Gasteiger partial charge is 2.00 e. The van der Waals surface area contributed by atoms with E-state index < -0.39 is 0 Å². The Morgan fingerprint density at radius 1 is 0.654 bits per heavy atom. The van der Waals surface area contributed by atoms with Crippen LogP contribution in [0.1, 0.15) is 139 Å². The van der Waals surface area contributed by atoms with E-state index in [4.69, 9.17) is 19.9 Å². The van der Waals surface area contributed by atoms with Crippen molar-refractivity contribution in [2.24, 2.45) is 29.4 Å². The molecule has 5 rings (SSSR count). The summed E-state index contributed by atoms with van der Waals surface area (Å²) in [5, 5.41) is 7.04. The Kier molecular flexibility index (Phi) is 76.4. The molecular weight excluding hydrogens is 1330 g/mol. The summed E-state index contributed by atoms with van der Waals surface area (Å²) < 4.78 is 16.9. The number of hydrogen-bond acceptors (Lipinski definition) is 8. The van der Waals surface area contributed by atoms with Gasteiger partial charge in [0, 0.05) is 38.1 Å². The number of nitrogens with one attached hydrogen (secondary N) is 2. The number of nitrogens with two attached hydrogens (primary N) is 1. The van der Waals surface area contributed by atoms with Crippen LogP contribution < -0.4 is 45.9 Å². The van der Waals surface area contributed by atoms with Crippen molar-refractivity contribution < 1.29 is 79.1 Å². The molecule has 2 aliphatic rings. The Morgan fingerprint density at radius 2 is 1.03 bits per heavy atom. The first-order valence-electron chi connectivity index (χ1n) is 27.5. The van der Waals surface area contributed by atoms with Gasteiger partial charge in [-0.25, -0.2) is 14.4 Å².